The average Bonchev–Trinajstić information content (AvgIpc) is 2.91. The first-order chi connectivity index (χ1) is 21.0. The van der Waals surface area contributed by atoms with Gasteiger partial charge in [0, 0.05) is 17.5 Å². The summed E-state index contributed by atoms with van der Waals surface area (Å²) in [4.78, 5) is 25.9. The predicted octanol–water partition coefficient (Wildman–Crippen LogP) is 8.73. The average molecular weight is 679 g/mol. The van der Waals surface area contributed by atoms with Crippen molar-refractivity contribution in [1.82, 2.24) is 0 Å². The fourth-order valence-corrected chi connectivity index (χ4v) is 4.30. The first-order valence-corrected chi connectivity index (χ1v) is 12.3. The van der Waals surface area contributed by atoms with Gasteiger partial charge >= 0.3 is 30.8 Å². The highest BCUT2D eigenvalue weighted by atomic mass is 19.4. The zero-order chi connectivity index (χ0) is 35.0. The standard InChI is InChI=1S/C28H18F13NO4/c1-12-8-14(25(32,27(36,37)38)28(39,40)41)10-21(46-24(30)31)16(12)11-20(43)15-4-3-5-19(22(15)45-2)42-23(44)17-9-13(26(33,34)35)6-7-18(17)29/h3-10,24H,11H2,1-2H3,(H,42,44). The molecule has 0 fully saturated rings. The molecule has 3 aromatic carbocycles. The summed E-state index contributed by atoms with van der Waals surface area (Å²) in [5.74, 6) is -5.79. The summed E-state index contributed by atoms with van der Waals surface area (Å²) >= 11 is 0. The molecule has 46 heavy (non-hydrogen) atoms. The van der Waals surface area contributed by atoms with Crippen LogP contribution in [0.1, 0.15) is 43.0 Å². The molecule has 0 saturated carbocycles. The van der Waals surface area contributed by atoms with Gasteiger partial charge in [0.25, 0.3) is 5.91 Å². The zero-order valence-electron chi connectivity index (χ0n) is 22.9. The number of benzene rings is 3. The van der Waals surface area contributed by atoms with E-state index in [4.69, 9.17) is 4.74 Å². The second-order valence-corrected chi connectivity index (χ2v) is 9.44. The number of ketones is 1. The Hall–Kier alpha value is -4.51. The minimum absolute atomic E-state index is 0.0550. The molecule has 0 bridgehead atoms. The van der Waals surface area contributed by atoms with E-state index in [1.54, 1.807) is 0 Å². The molecule has 0 radical (unpaired) electrons. The van der Waals surface area contributed by atoms with Crippen molar-refractivity contribution in [2.24, 2.45) is 0 Å². The lowest BCUT2D eigenvalue weighted by Crippen LogP contribution is -2.50. The topological polar surface area (TPSA) is 64.6 Å². The summed E-state index contributed by atoms with van der Waals surface area (Å²) in [6, 6.07) is 3.96. The summed E-state index contributed by atoms with van der Waals surface area (Å²) in [5.41, 5.74) is -12.9. The van der Waals surface area contributed by atoms with Crippen LogP contribution in [-0.4, -0.2) is 37.8 Å². The van der Waals surface area contributed by atoms with Crippen LogP contribution in [0.2, 0.25) is 0 Å². The van der Waals surface area contributed by atoms with Gasteiger partial charge in [0.1, 0.15) is 11.6 Å². The molecule has 0 aromatic heterocycles. The van der Waals surface area contributed by atoms with Gasteiger partial charge in [-0.15, -0.1) is 0 Å². The molecule has 0 atom stereocenters. The monoisotopic (exact) mass is 679 g/mol. The molecule has 3 aromatic rings. The van der Waals surface area contributed by atoms with Gasteiger partial charge in [-0.25, -0.2) is 8.78 Å². The molecule has 0 spiro atoms. The first kappa shape index (κ1) is 36.0. The fraction of sp³-hybridized carbons (Fsp3) is 0.286. The summed E-state index contributed by atoms with van der Waals surface area (Å²) in [5, 5.41) is 2.06. The van der Waals surface area contributed by atoms with Crippen LogP contribution in [-0.2, 0) is 18.3 Å². The number of carbonyl (C=O) groups is 2. The zero-order valence-corrected chi connectivity index (χ0v) is 22.9. The molecule has 3 rings (SSSR count). The number of amides is 1. The molecule has 5 nitrogen and oxygen atoms in total. The lowest BCUT2D eigenvalue weighted by molar-refractivity contribution is -0.348. The fourth-order valence-electron chi connectivity index (χ4n) is 4.30. The van der Waals surface area contributed by atoms with Crippen molar-refractivity contribution in [2.75, 3.05) is 12.4 Å². The van der Waals surface area contributed by atoms with Gasteiger partial charge in [-0.2, -0.15) is 48.3 Å². The van der Waals surface area contributed by atoms with Crippen LogP contribution in [0.4, 0.5) is 62.8 Å². The van der Waals surface area contributed by atoms with Crippen molar-refractivity contribution < 1.29 is 76.1 Å². The van der Waals surface area contributed by atoms with Crippen molar-refractivity contribution in [3.05, 3.63) is 87.7 Å². The number of hydrogen-bond donors (Lipinski definition) is 1. The van der Waals surface area contributed by atoms with Crippen LogP contribution < -0.4 is 14.8 Å². The van der Waals surface area contributed by atoms with Gasteiger partial charge in [0.2, 0.25) is 0 Å². The lowest BCUT2D eigenvalue weighted by atomic mass is 9.89. The number of nitrogens with one attached hydrogen (secondary N) is 1. The van der Waals surface area contributed by atoms with E-state index in [1.165, 1.54) is 0 Å². The third kappa shape index (κ3) is 7.14. The molecule has 0 aliphatic heterocycles. The Labute approximate surface area is 249 Å². The predicted molar refractivity (Wildman–Crippen MR) is 133 cm³/mol. The van der Waals surface area contributed by atoms with E-state index in [9.17, 15) is 66.7 Å². The molecule has 0 aliphatic rings. The maximum Gasteiger partial charge on any atom is 0.435 e. The van der Waals surface area contributed by atoms with Crippen molar-refractivity contribution >= 4 is 17.4 Å². The molecule has 0 unspecified atom stereocenters. The number of alkyl halides is 12. The third-order valence-corrected chi connectivity index (χ3v) is 6.47. The van der Waals surface area contributed by atoms with Crippen molar-refractivity contribution in [3.8, 4) is 11.5 Å². The summed E-state index contributed by atoms with van der Waals surface area (Å²) < 4.78 is 183. The van der Waals surface area contributed by atoms with Gasteiger partial charge < -0.3 is 14.8 Å². The number of aryl methyl sites for hydroxylation is 1. The highest BCUT2D eigenvalue weighted by Gasteiger charge is 2.73. The molecule has 0 aliphatic carbocycles. The molecular formula is C28H18F13NO4. The molecule has 1 amide bonds. The Morgan fingerprint density at radius 2 is 1.43 bits per heavy atom. The van der Waals surface area contributed by atoms with E-state index in [1.807, 2.05) is 0 Å². The highest BCUT2D eigenvalue weighted by Crippen LogP contribution is 2.54. The van der Waals surface area contributed by atoms with Gasteiger partial charge in [0.05, 0.1) is 29.5 Å². The van der Waals surface area contributed by atoms with Crippen molar-refractivity contribution in [2.45, 2.75) is 44.2 Å². The molecule has 18 heteroatoms. The van der Waals surface area contributed by atoms with Crippen LogP contribution in [0, 0.1) is 12.7 Å². The minimum atomic E-state index is -6.59. The normalized spacial score (nSPS) is 12.7. The first-order valence-electron chi connectivity index (χ1n) is 12.3. The molecule has 250 valence electrons. The number of para-hydroxylation sites is 1. The number of halogens is 13. The van der Waals surface area contributed by atoms with Gasteiger partial charge in [-0.3, -0.25) is 9.59 Å². The van der Waals surface area contributed by atoms with Crippen LogP contribution in [0.5, 0.6) is 11.5 Å². The molecular weight excluding hydrogens is 661 g/mol. The van der Waals surface area contributed by atoms with Gasteiger partial charge in [-0.1, -0.05) is 12.1 Å². The van der Waals surface area contributed by atoms with E-state index >= 15 is 0 Å². The van der Waals surface area contributed by atoms with Crippen LogP contribution >= 0.6 is 0 Å². The highest BCUT2D eigenvalue weighted by molar-refractivity contribution is 6.08. The van der Waals surface area contributed by atoms with E-state index in [-0.39, 0.29) is 18.2 Å². The Morgan fingerprint density at radius 3 is 1.96 bits per heavy atom. The van der Waals surface area contributed by atoms with Gasteiger partial charge in [0.15, 0.2) is 11.5 Å². The van der Waals surface area contributed by atoms with Crippen LogP contribution in [0.15, 0.2) is 48.5 Å². The lowest BCUT2D eigenvalue weighted by Gasteiger charge is -2.31. The molecule has 0 saturated heterocycles. The summed E-state index contributed by atoms with van der Waals surface area (Å²) in [6.45, 7) is -3.05. The number of hydrogen-bond acceptors (Lipinski definition) is 4. The summed E-state index contributed by atoms with van der Waals surface area (Å²) in [6.07, 6.45) is -19.2. The SMILES string of the molecule is COc1c(NC(=O)c2cc(C(F)(F)F)ccc2F)cccc1C(=O)Cc1c(C)cc(C(F)(C(F)(F)F)C(F)(F)F)cc1OC(F)F. The molecule has 1 N–H and O–H groups in total. The second-order valence-electron chi connectivity index (χ2n) is 9.44. The summed E-state index contributed by atoms with van der Waals surface area (Å²) in [7, 11) is 0.952. The maximum atomic E-state index is 14.7. The number of rotatable bonds is 9. The third-order valence-electron chi connectivity index (χ3n) is 6.47. The Morgan fingerprint density at radius 1 is 0.826 bits per heavy atom. The maximum absolute atomic E-state index is 14.7. The van der Waals surface area contributed by atoms with Crippen molar-refractivity contribution in [3.63, 3.8) is 0 Å². The largest absolute Gasteiger partial charge is 0.494 e. The quantitative estimate of drug-likeness (QED) is 0.182. The van der Waals surface area contributed by atoms with Crippen molar-refractivity contribution in [1.29, 1.82) is 0 Å². The number of carbonyl (C=O) groups excluding carboxylic acids is 2. The van der Waals surface area contributed by atoms with Crippen LogP contribution in [0.3, 0.4) is 0 Å². The number of anilines is 1. The van der Waals surface area contributed by atoms with E-state index in [0.29, 0.717) is 12.1 Å². The Bertz CT molecular complexity index is 1620. The second kappa shape index (κ2) is 12.7. The smallest absolute Gasteiger partial charge is 0.435 e. The number of ether oxygens (including phenoxy) is 2. The minimum Gasteiger partial charge on any atom is -0.494 e. The van der Waals surface area contributed by atoms with E-state index in [0.717, 1.165) is 32.2 Å². The number of methoxy groups -OCH3 is 1. The Balaban J connectivity index is 2.05. The van der Waals surface area contributed by atoms with E-state index < -0.39 is 105 Å². The Kier molecular flexibility index (Phi) is 9.94. The van der Waals surface area contributed by atoms with Gasteiger partial charge in [-0.05, 0) is 48.9 Å². The number of Topliss-reactive ketones (excluding diaryl/α,β-unsaturated/α-hetero) is 1. The van der Waals surface area contributed by atoms with E-state index in [2.05, 4.69) is 10.1 Å². The molecule has 0 heterocycles. The van der Waals surface area contributed by atoms with Crippen LogP contribution in [0.25, 0.3) is 0 Å².